The van der Waals surface area contributed by atoms with Gasteiger partial charge in [0.2, 0.25) is 11.0 Å². The Kier molecular flexibility index (Phi) is 6.36. The molecule has 0 bridgehead atoms. The van der Waals surface area contributed by atoms with Crippen LogP contribution in [0.3, 0.4) is 0 Å². The first-order valence-corrected chi connectivity index (χ1v) is 8.17. The van der Waals surface area contributed by atoms with Gasteiger partial charge in [0.15, 0.2) is 0 Å². The number of hydrogen-bond donors (Lipinski definition) is 0. The highest BCUT2D eigenvalue weighted by Gasteiger charge is 2.20. The fraction of sp³-hybridized carbons (Fsp3) is 0.357. The molecule has 0 aliphatic rings. The zero-order valence-corrected chi connectivity index (χ0v) is 13.6. The van der Waals surface area contributed by atoms with E-state index in [2.05, 4.69) is 15.3 Å². The number of hydrogen-bond acceptors (Lipinski definition) is 6. The van der Waals surface area contributed by atoms with E-state index in [0.717, 1.165) is 23.7 Å². The first-order chi connectivity index (χ1) is 11.5. The van der Waals surface area contributed by atoms with Crippen LogP contribution in [0.2, 0.25) is 0 Å². The van der Waals surface area contributed by atoms with Crippen molar-refractivity contribution < 1.29 is 13.7 Å². The Hall–Kier alpha value is -2.36. The monoisotopic (exact) mass is 355 g/mol. The SMILES string of the molecule is CCCCSc1nnc(C(F)F)n1/N=C\c1ccccc1[N+](=O)[O-]. The van der Waals surface area contributed by atoms with Crippen molar-refractivity contribution in [2.45, 2.75) is 31.3 Å². The lowest BCUT2D eigenvalue weighted by Gasteiger charge is -2.03. The van der Waals surface area contributed by atoms with Gasteiger partial charge in [0, 0.05) is 11.8 Å². The summed E-state index contributed by atoms with van der Waals surface area (Å²) >= 11 is 1.26. The molecule has 10 heteroatoms. The smallest absolute Gasteiger partial charge is 0.258 e. The van der Waals surface area contributed by atoms with Crippen molar-refractivity contribution in [3.05, 3.63) is 45.8 Å². The summed E-state index contributed by atoms with van der Waals surface area (Å²) in [4.78, 5) is 10.4. The van der Waals surface area contributed by atoms with Crippen molar-refractivity contribution in [1.29, 1.82) is 0 Å². The van der Waals surface area contributed by atoms with E-state index in [1.54, 1.807) is 6.07 Å². The lowest BCUT2D eigenvalue weighted by atomic mass is 10.2. The molecule has 0 saturated carbocycles. The van der Waals surface area contributed by atoms with Gasteiger partial charge in [-0.2, -0.15) is 9.78 Å². The Morgan fingerprint density at radius 1 is 1.42 bits per heavy atom. The molecule has 7 nitrogen and oxygen atoms in total. The van der Waals surface area contributed by atoms with Gasteiger partial charge >= 0.3 is 0 Å². The molecule has 0 spiro atoms. The average Bonchev–Trinajstić information content (AvgIpc) is 2.96. The quantitative estimate of drug-likeness (QED) is 0.236. The van der Waals surface area contributed by atoms with Crippen LogP contribution in [-0.2, 0) is 0 Å². The van der Waals surface area contributed by atoms with Gasteiger partial charge in [0.25, 0.3) is 12.1 Å². The van der Waals surface area contributed by atoms with Gasteiger partial charge in [-0.05, 0) is 12.5 Å². The minimum Gasteiger partial charge on any atom is -0.258 e. The van der Waals surface area contributed by atoms with E-state index in [-0.39, 0.29) is 16.4 Å². The number of nitro groups is 1. The maximum atomic E-state index is 13.0. The Morgan fingerprint density at radius 2 is 2.17 bits per heavy atom. The fourth-order valence-corrected chi connectivity index (χ4v) is 2.78. The molecule has 0 fully saturated rings. The molecule has 0 radical (unpaired) electrons. The molecule has 1 aromatic carbocycles. The van der Waals surface area contributed by atoms with Gasteiger partial charge in [-0.1, -0.05) is 37.2 Å². The summed E-state index contributed by atoms with van der Waals surface area (Å²) in [7, 11) is 0. The molecule has 0 aliphatic carbocycles. The Labute approximate surface area is 140 Å². The Morgan fingerprint density at radius 3 is 2.83 bits per heavy atom. The number of nitro benzene ring substituents is 1. The summed E-state index contributed by atoms with van der Waals surface area (Å²) in [6, 6.07) is 5.92. The summed E-state index contributed by atoms with van der Waals surface area (Å²) in [6.45, 7) is 2.02. The van der Waals surface area contributed by atoms with E-state index < -0.39 is 17.2 Å². The normalized spacial score (nSPS) is 11.5. The summed E-state index contributed by atoms with van der Waals surface area (Å²) in [5.41, 5.74) is 0.0500. The van der Waals surface area contributed by atoms with Gasteiger partial charge in [-0.15, -0.1) is 10.2 Å². The highest BCUT2D eigenvalue weighted by molar-refractivity contribution is 7.99. The summed E-state index contributed by atoms with van der Waals surface area (Å²) < 4.78 is 27.0. The maximum absolute atomic E-state index is 13.0. The number of rotatable bonds is 8. The van der Waals surface area contributed by atoms with Crippen LogP contribution >= 0.6 is 11.8 Å². The van der Waals surface area contributed by atoms with Gasteiger partial charge in [0.05, 0.1) is 16.7 Å². The number of alkyl halides is 2. The van der Waals surface area contributed by atoms with Crippen LogP contribution in [0.5, 0.6) is 0 Å². The number of aromatic nitrogens is 3. The third-order valence-corrected chi connectivity index (χ3v) is 4.01. The molecule has 0 saturated heterocycles. The van der Waals surface area contributed by atoms with Crippen molar-refractivity contribution in [3.63, 3.8) is 0 Å². The number of nitrogens with zero attached hydrogens (tertiary/aromatic N) is 5. The van der Waals surface area contributed by atoms with Gasteiger partial charge in [0.1, 0.15) is 0 Å². The molecule has 2 rings (SSSR count). The molecule has 1 aromatic heterocycles. The topological polar surface area (TPSA) is 86.2 Å². The minimum atomic E-state index is -2.85. The highest BCUT2D eigenvalue weighted by atomic mass is 32.2. The van der Waals surface area contributed by atoms with Crippen molar-refractivity contribution in [2.75, 3.05) is 5.75 Å². The second-order valence-electron chi connectivity index (χ2n) is 4.72. The molecule has 0 N–H and O–H groups in total. The van der Waals surface area contributed by atoms with Crippen LogP contribution in [0.25, 0.3) is 0 Å². The van der Waals surface area contributed by atoms with E-state index in [1.165, 1.54) is 30.0 Å². The molecule has 0 atom stereocenters. The second kappa shape index (κ2) is 8.48. The Bertz CT molecular complexity index is 736. The molecule has 24 heavy (non-hydrogen) atoms. The zero-order chi connectivity index (χ0) is 17.5. The number of benzene rings is 1. The third-order valence-electron chi connectivity index (χ3n) is 3.01. The molecule has 1 heterocycles. The lowest BCUT2D eigenvalue weighted by molar-refractivity contribution is -0.385. The van der Waals surface area contributed by atoms with Crippen molar-refractivity contribution in [3.8, 4) is 0 Å². The highest BCUT2D eigenvalue weighted by Crippen LogP contribution is 2.24. The van der Waals surface area contributed by atoms with Crippen LogP contribution in [0, 0.1) is 10.1 Å². The summed E-state index contributed by atoms with van der Waals surface area (Å²) in [6.07, 6.45) is 0.176. The molecular formula is C14H15F2N5O2S. The van der Waals surface area contributed by atoms with Crippen molar-refractivity contribution in [1.82, 2.24) is 14.9 Å². The van der Waals surface area contributed by atoms with Crippen LogP contribution < -0.4 is 0 Å². The largest absolute Gasteiger partial charge is 0.299 e. The summed E-state index contributed by atoms with van der Waals surface area (Å²) in [5, 5.41) is 22.3. The average molecular weight is 355 g/mol. The zero-order valence-electron chi connectivity index (χ0n) is 12.8. The van der Waals surface area contributed by atoms with Crippen molar-refractivity contribution >= 4 is 23.7 Å². The lowest BCUT2D eigenvalue weighted by Crippen LogP contribution is -2.02. The predicted molar refractivity (Wildman–Crippen MR) is 86.7 cm³/mol. The molecule has 0 amide bonds. The van der Waals surface area contributed by atoms with E-state index >= 15 is 0 Å². The molecule has 0 aliphatic heterocycles. The molecule has 0 unspecified atom stereocenters. The minimum absolute atomic E-state index is 0.159. The van der Waals surface area contributed by atoms with E-state index in [0.29, 0.717) is 5.75 Å². The van der Waals surface area contributed by atoms with E-state index in [4.69, 9.17) is 0 Å². The first-order valence-electron chi connectivity index (χ1n) is 7.18. The molecular weight excluding hydrogens is 340 g/mol. The number of halogens is 2. The van der Waals surface area contributed by atoms with Gasteiger partial charge in [-0.25, -0.2) is 8.78 Å². The number of para-hydroxylation sites is 1. The van der Waals surface area contributed by atoms with E-state index in [1.807, 2.05) is 6.92 Å². The third kappa shape index (κ3) is 4.34. The Balaban J connectivity index is 2.33. The predicted octanol–water partition coefficient (Wildman–Crippen LogP) is 3.90. The second-order valence-corrected chi connectivity index (χ2v) is 5.78. The fourth-order valence-electron chi connectivity index (χ4n) is 1.80. The number of thioether (sulfide) groups is 1. The van der Waals surface area contributed by atoms with Crippen LogP contribution in [0.4, 0.5) is 14.5 Å². The van der Waals surface area contributed by atoms with E-state index in [9.17, 15) is 18.9 Å². The van der Waals surface area contributed by atoms with Gasteiger partial charge < -0.3 is 0 Å². The molecule has 2 aromatic rings. The van der Waals surface area contributed by atoms with Crippen LogP contribution in [-0.4, -0.2) is 31.8 Å². The van der Waals surface area contributed by atoms with Gasteiger partial charge in [-0.3, -0.25) is 10.1 Å². The maximum Gasteiger partial charge on any atom is 0.299 e. The first kappa shape index (κ1) is 18.0. The number of unbranched alkanes of at least 4 members (excludes halogenated alkanes) is 1. The molecule has 128 valence electrons. The van der Waals surface area contributed by atoms with Crippen LogP contribution in [0.1, 0.15) is 37.6 Å². The standard InChI is InChI=1S/C14H15F2N5O2S/c1-2-3-8-24-14-19-18-13(12(15)16)20(14)17-9-10-6-4-5-7-11(10)21(22)23/h4-7,9,12H,2-3,8H2,1H3/b17-9-. The van der Waals surface area contributed by atoms with Crippen molar-refractivity contribution in [2.24, 2.45) is 5.10 Å². The summed E-state index contributed by atoms with van der Waals surface area (Å²) in [5.74, 6) is 0.0997. The van der Waals surface area contributed by atoms with Crippen LogP contribution in [0.15, 0.2) is 34.5 Å².